The van der Waals surface area contributed by atoms with E-state index in [1.807, 2.05) is 60.7 Å². The number of hydrogen-bond donors (Lipinski definition) is 0. The Labute approximate surface area is 222 Å². The van der Waals surface area contributed by atoms with E-state index in [1.54, 1.807) is 24.3 Å². The van der Waals surface area contributed by atoms with E-state index in [1.165, 1.54) is 28.9 Å². The Hall–Kier alpha value is -4.40. The van der Waals surface area contributed by atoms with Crippen LogP contribution in [0.15, 0.2) is 139 Å². The molecule has 0 saturated carbocycles. The molecule has 188 valence electrons. The quantitative estimate of drug-likeness (QED) is 0.193. The molecule has 0 fully saturated rings. The Morgan fingerprint density at radius 3 is 1.55 bits per heavy atom. The summed E-state index contributed by atoms with van der Waals surface area (Å²) in [6, 6.07) is 37.7. The van der Waals surface area contributed by atoms with Crippen LogP contribution in [0.3, 0.4) is 0 Å². The summed E-state index contributed by atoms with van der Waals surface area (Å²) in [6.07, 6.45) is 3.81. The molecule has 0 aromatic heterocycles. The zero-order valence-corrected chi connectivity index (χ0v) is 22.0. The van der Waals surface area contributed by atoms with Crippen LogP contribution in [0, 0.1) is 0 Å². The molecule has 0 spiro atoms. The second-order valence-corrected chi connectivity index (χ2v) is 13.1. The van der Waals surface area contributed by atoms with Gasteiger partial charge in [-0.25, -0.2) is 0 Å². The Morgan fingerprint density at radius 1 is 0.658 bits per heavy atom. The Bertz CT molecular complexity index is 1460. The number of esters is 1. The third-order valence-electron chi connectivity index (χ3n) is 6.98. The van der Waals surface area contributed by atoms with Gasteiger partial charge in [-0.05, 0) is 0 Å². The number of fused-ring (bicyclic) bond motifs is 1. The first-order valence-corrected chi connectivity index (χ1v) is 14.7. The van der Waals surface area contributed by atoms with Crippen molar-refractivity contribution in [3.05, 3.63) is 150 Å². The maximum absolute atomic E-state index is 13.0. The Morgan fingerprint density at radius 2 is 1.08 bits per heavy atom. The van der Waals surface area contributed by atoms with Crippen molar-refractivity contribution in [3.8, 4) is 0 Å². The van der Waals surface area contributed by atoms with Crippen molar-refractivity contribution in [2.24, 2.45) is 0 Å². The molecule has 0 aliphatic heterocycles. The summed E-state index contributed by atoms with van der Waals surface area (Å²) < 4.78 is 5.47. The first-order valence-electron chi connectivity index (χ1n) is 12.5. The number of ether oxygens (including phenoxy) is 1. The molecule has 5 heteroatoms. The fourth-order valence-corrected chi connectivity index (χ4v) is 9.55. The van der Waals surface area contributed by atoms with E-state index in [9.17, 15) is 14.4 Å². The molecule has 1 aliphatic rings. The fourth-order valence-electron chi connectivity index (χ4n) is 5.09. The molecule has 0 atom stereocenters. The van der Waals surface area contributed by atoms with Crippen molar-refractivity contribution >= 4 is 40.7 Å². The van der Waals surface area contributed by atoms with Crippen molar-refractivity contribution in [1.82, 2.24) is 0 Å². The van der Waals surface area contributed by atoms with Gasteiger partial charge in [0.2, 0.25) is 0 Å². The SMILES string of the molecule is CC1=C(OC(=O)/C=C\C[PH](c2ccccc2)(c2ccccc2)c2ccccc2)C(=O)c2ccccc2C1=O. The number of allylic oxidation sites excluding steroid dienone is 3. The minimum atomic E-state index is -2.56. The minimum absolute atomic E-state index is 0.136. The fraction of sp³-hybridized carbons (Fsp3) is 0.0606. The Kier molecular flexibility index (Phi) is 7.26. The molecule has 1 aliphatic carbocycles. The average molecular weight is 519 g/mol. The van der Waals surface area contributed by atoms with E-state index in [-0.39, 0.29) is 22.7 Å². The van der Waals surface area contributed by atoms with Gasteiger partial charge in [-0.2, -0.15) is 0 Å². The zero-order chi connectivity index (χ0) is 26.5. The van der Waals surface area contributed by atoms with Crippen LogP contribution >= 0.6 is 7.26 Å². The molecule has 0 radical (unpaired) electrons. The molecule has 0 amide bonds. The molecular formula is C33H27O4P. The maximum atomic E-state index is 13.0. The molecule has 38 heavy (non-hydrogen) atoms. The number of rotatable bonds is 7. The van der Waals surface area contributed by atoms with Gasteiger partial charge in [0.1, 0.15) is 0 Å². The van der Waals surface area contributed by atoms with Crippen LogP contribution in [0.4, 0.5) is 0 Å². The van der Waals surface area contributed by atoms with Gasteiger partial charge in [0, 0.05) is 0 Å². The summed E-state index contributed by atoms with van der Waals surface area (Å²) in [4.78, 5) is 38.7. The molecule has 4 nitrogen and oxygen atoms in total. The van der Waals surface area contributed by atoms with Crippen LogP contribution in [-0.4, -0.2) is 23.7 Å². The summed E-state index contributed by atoms with van der Waals surface area (Å²) in [5.41, 5.74) is 0.713. The van der Waals surface area contributed by atoms with Gasteiger partial charge < -0.3 is 0 Å². The van der Waals surface area contributed by atoms with Gasteiger partial charge in [0.25, 0.3) is 0 Å². The standard InChI is InChI=1S/C33H27O4P/c1-24-31(35)28-20-11-12-21-29(28)32(36)33(24)37-30(34)22-13-23-38(25-14-5-2-6-15-25,26-16-7-3-8-17-26)27-18-9-4-10-19-27/h2-22,38H,23H2,1H3/b22-13-. The van der Waals surface area contributed by atoms with E-state index in [0.717, 1.165) is 0 Å². The number of carbonyl (C=O) groups is 3. The van der Waals surface area contributed by atoms with Gasteiger partial charge in [-0.3, -0.25) is 0 Å². The second-order valence-electron chi connectivity index (χ2n) is 9.19. The molecule has 4 aromatic rings. The molecule has 0 N–H and O–H groups in total. The third kappa shape index (κ3) is 4.67. The van der Waals surface area contributed by atoms with Gasteiger partial charge in [-0.1, -0.05) is 0 Å². The van der Waals surface area contributed by atoms with E-state index in [0.29, 0.717) is 11.7 Å². The monoisotopic (exact) mass is 518 g/mol. The van der Waals surface area contributed by atoms with Gasteiger partial charge in [0.05, 0.1) is 0 Å². The van der Waals surface area contributed by atoms with E-state index in [2.05, 4.69) is 36.4 Å². The van der Waals surface area contributed by atoms with E-state index >= 15 is 0 Å². The first-order chi connectivity index (χ1) is 18.5. The van der Waals surface area contributed by atoms with Crippen LogP contribution < -0.4 is 15.9 Å². The van der Waals surface area contributed by atoms with E-state index in [4.69, 9.17) is 4.74 Å². The topological polar surface area (TPSA) is 60.4 Å². The molecule has 0 bridgehead atoms. The normalized spacial score (nSPS) is 13.9. The zero-order valence-electron chi connectivity index (χ0n) is 21.0. The van der Waals surface area contributed by atoms with Crippen molar-refractivity contribution < 1.29 is 19.1 Å². The number of ketones is 2. The van der Waals surface area contributed by atoms with Crippen LogP contribution in [0.1, 0.15) is 27.6 Å². The third-order valence-corrected chi connectivity index (χ3v) is 11.8. The van der Waals surface area contributed by atoms with Gasteiger partial charge in [0.15, 0.2) is 0 Å². The van der Waals surface area contributed by atoms with Crippen molar-refractivity contribution in [2.45, 2.75) is 6.92 Å². The van der Waals surface area contributed by atoms with Crippen LogP contribution in [0.5, 0.6) is 0 Å². The van der Waals surface area contributed by atoms with Gasteiger partial charge in [-0.15, -0.1) is 0 Å². The molecule has 0 saturated heterocycles. The van der Waals surface area contributed by atoms with Crippen LogP contribution in [-0.2, 0) is 9.53 Å². The van der Waals surface area contributed by atoms with Crippen molar-refractivity contribution in [2.75, 3.05) is 6.16 Å². The predicted octanol–water partition coefficient (Wildman–Crippen LogP) is 5.17. The van der Waals surface area contributed by atoms with Crippen LogP contribution in [0.2, 0.25) is 0 Å². The number of hydrogen-bond acceptors (Lipinski definition) is 4. The van der Waals surface area contributed by atoms with Crippen molar-refractivity contribution in [3.63, 3.8) is 0 Å². The number of benzene rings is 4. The summed E-state index contributed by atoms with van der Waals surface area (Å²) in [5.74, 6) is -1.66. The number of carbonyl (C=O) groups excluding carboxylic acids is 3. The molecule has 5 rings (SSSR count). The van der Waals surface area contributed by atoms with Crippen LogP contribution in [0.25, 0.3) is 0 Å². The van der Waals surface area contributed by atoms with Gasteiger partial charge >= 0.3 is 223 Å². The molecule has 4 aromatic carbocycles. The molecule has 0 heterocycles. The Balaban J connectivity index is 1.48. The summed E-state index contributed by atoms with van der Waals surface area (Å²) in [6.45, 7) is 1.51. The number of Topliss-reactive ketones (excluding diaryl/α,β-unsaturated/α-hetero) is 2. The summed E-state index contributed by atoms with van der Waals surface area (Å²) in [7, 11) is -2.56. The summed E-state index contributed by atoms with van der Waals surface area (Å²) in [5, 5.41) is 3.66. The van der Waals surface area contributed by atoms with Crippen molar-refractivity contribution in [1.29, 1.82) is 0 Å². The predicted molar refractivity (Wildman–Crippen MR) is 154 cm³/mol. The molecular weight excluding hydrogens is 491 g/mol. The second kappa shape index (κ2) is 10.9. The summed E-state index contributed by atoms with van der Waals surface area (Å²) >= 11 is 0. The molecule has 0 unspecified atom stereocenters. The average Bonchev–Trinajstić information content (AvgIpc) is 2.98. The van der Waals surface area contributed by atoms with E-state index < -0.39 is 19.0 Å². The first kappa shape index (κ1) is 25.3.